The van der Waals surface area contributed by atoms with Crippen molar-refractivity contribution in [2.24, 2.45) is 5.73 Å². The fourth-order valence-corrected chi connectivity index (χ4v) is 1.34. The lowest BCUT2D eigenvalue weighted by atomic mass is 10.1. The molecule has 7 heteroatoms. The molecule has 0 heterocycles. The van der Waals surface area contributed by atoms with Crippen LogP contribution in [0.25, 0.3) is 0 Å². The van der Waals surface area contributed by atoms with Gasteiger partial charge in [0, 0.05) is 6.54 Å². The predicted molar refractivity (Wildman–Crippen MR) is 70.3 cm³/mol. The molecule has 1 rings (SSSR count). The van der Waals surface area contributed by atoms with Crippen molar-refractivity contribution < 1.29 is 23.1 Å². The summed E-state index contributed by atoms with van der Waals surface area (Å²) in [5.74, 6) is -2.76. The van der Waals surface area contributed by atoms with Crippen molar-refractivity contribution >= 4 is 5.97 Å². The normalized spacial score (nSPS) is 10.9. The molecule has 0 fully saturated rings. The SMILES string of the molecule is CN(C)Cc1ccc(CCN)cc1.O=C(O)C(F)(F)F. The summed E-state index contributed by atoms with van der Waals surface area (Å²) in [4.78, 5) is 11.1. The maximum Gasteiger partial charge on any atom is 0.490 e. The van der Waals surface area contributed by atoms with Crippen molar-refractivity contribution in [1.29, 1.82) is 0 Å². The molecule has 0 aliphatic carbocycles. The van der Waals surface area contributed by atoms with Crippen LogP contribution in [0.2, 0.25) is 0 Å². The Morgan fingerprint density at radius 1 is 1.20 bits per heavy atom. The molecule has 0 unspecified atom stereocenters. The molecule has 0 atom stereocenters. The highest BCUT2D eigenvalue weighted by Crippen LogP contribution is 2.13. The summed E-state index contributed by atoms with van der Waals surface area (Å²) in [5, 5.41) is 7.12. The number of hydrogen-bond donors (Lipinski definition) is 2. The summed E-state index contributed by atoms with van der Waals surface area (Å²) in [6, 6.07) is 8.66. The number of alkyl halides is 3. The lowest BCUT2D eigenvalue weighted by Gasteiger charge is -2.09. The van der Waals surface area contributed by atoms with E-state index in [-0.39, 0.29) is 0 Å². The average Bonchev–Trinajstić information content (AvgIpc) is 2.31. The minimum Gasteiger partial charge on any atom is -0.475 e. The number of carbonyl (C=O) groups is 1. The number of benzene rings is 1. The highest BCUT2D eigenvalue weighted by molar-refractivity contribution is 5.73. The molecule has 1 aromatic carbocycles. The maximum absolute atomic E-state index is 10.6. The quantitative estimate of drug-likeness (QED) is 0.889. The van der Waals surface area contributed by atoms with Crippen LogP contribution in [-0.4, -0.2) is 42.8 Å². The Balaban J connectivity index is 0.000000441. The number of rotatable bonds is 4. The van der Waals surface area contributed by atoms with E-state index in [0.29, 0.717) is 0 Å². The second-order valence-electron chi connectivity index (χ2n) is 4.40. The number of aliphatic carboxylic acids is 1. The van der Waals surface area contributed by atoms with E-state index in [1.807, 2.05) is 0 Å². The molecule has 0 aliphatic rings. The first kappa shape index (κ1) is 18.4. The lowest BCUT2D eigenvalue weighted by molar-refractivity contribution is -0.192. The molecule has 4 nitrogen and oxygen atoms in total. The number of nitrogens with two attached hydrogens (primary N) is 1. The van der Waals surface area contributed by atoms with Gasteiger partial charge in [-0.3, -0.25) is 0 Å². The van der Waals surface area contributed by atoms with Gasteiger partial charge < -0.3 is 15.7 Å². The molecule has 3 N–H and O–H groups in total. The first-order valence-corrected chi connectivity index (χ1v) is 5.89. The van der Waals surface area contributed by atoms with Crippen molar-refractivity contribution in [3.63, 3.8) is 0 Å². The number of carboxylic acid groups (broad SMARTS) is 1. The highest BCUT2D eigenvalue weighted by Gasteiger charge is 2.38. The molecule has 0 saturated carbocycles. The van der Waals surface area contributed by atoms with Crippen molar-refractivity contribution in [1.82, 2.24) is 4.90 Å². The second kappa shape index (κ2) is 8.55. The van der Waals surface area contributed by atoms with Gasteiger partial charge in [0.1, 0.15) is 0 Å². The standard InChI is InChI=1S/C11H18N2.C2HF3O2/c1-13(2)9-11-5-3-10(4-6-11)7-8-12;3-2(4,5)1(6)7/h3-6H,7-9,12H2,1-2H3;(H,6,7). The largest absolute Gasteiger partial charge is 0.490 e. The highest BCUT2D eigenvalue weighted by atomic mass is 19.4. The second-order valence-corrected chi connectivity index (χ2v) is 4.40. The molecule has 0 amide bonds. The van der Waals surface area contributed by atoms with Crippen LogP contribution in [0.15, 0.2) is 24.3 Å². The molecule has 114 valence electrons. The van der Waals surface area contributed by atoms with Gasteiger partial charge in [0.05, 0.1) is 0 Å². The smallest absolute Gasteiger partial charge is 0.475 e. The summed E-state index contributed by atoms with van der Waals surface area (Å²) < 4.78 is 31.7. The van der Waals surface area contributed by atoms with Crippen LogP contribution in [-0.2, 0) is 17.8 Å². The van der Waals surface area contributed by atoms with E-state index in [9.17, 15) is 13.2 Å². The third kappa shape index (κ3) is 8.49. The Hall–Kier alpha value is -1.60. The van der Waals surface area contributed by atoms with E-state index < -0.39 is 12.1 Å². The average molecular weight is 292 g/mol. The van der Waals surface area contributed by atoms with E-state index >= 15 is 0 Å². The van der Waals surface area contributed by atoms with Crippen LogP contribution in [0.4, 0.5) is 13.2 Å². The van der Waals surface area contributed by atoms with Gasteiger partial charge in [0.2, 0.25) is 0 Å². The van der Waals surface area contributed by atoms with Crippen LogP contribution < -0.4 is 5.73 Å². The van der Waals surface area contributed by atoms with Crippen LogP contribution in [0, 0.1) is 0 Å². The van der Waals surface area contributed by atoms with E-state index in [1.165, 1.54) is 11.1 Å². The van der Waals surface area contributed by atoms with Gasteiger partial charge in [-0.1, -0.05) is 24.3 Å². The number of carboxylic acids is 1. The zero-order valence-electron chi connectivity index (χ0n) is 11.4. The van der Waals surface area contributed by atoms with Crippen LogP contribution in [0.1, 0.15) is 11.1 Å². The Morgan fingerprint density at radius 3 is 1.90 bits per heavy atom. The number of halogens is 3. The first-order valence-electron chi connectivity index (χ1n) is 5.89. The Morgan fingerprint density at radius 2 is 1.60 bits per heavy atom. The fourth-order valence-electron chi connectivity index (χ4n) is 1.34. The topological polar surface area (TPSA) is 66.6 Å². The molecule has 0 radical (unpaired) electrons. The molecule has 0 aromatic heterocycles. The summed E-state index contributed by atoms with van der Waals surface area (Å²) in [6.07, 6.45) is -4.11. The van der Waals surface area contributed by atoms with Gasteiger partial charge in [-0.05, 0) is 38.2 Å². The molecule has 0 aliphatic heterocycles. The summed E-state index contributed by atoms with van der Waals surface area (Å²) in [5.41, 5.74) is 8.15. The molecule has 20 heavy (non-hydrogen) atoms. The van der Waals surface area contributed by atoms with Crippen molar-refractivity contribution in [2.45, 2.75) is 19.1 Å². The van der Waals surface area contributed by atoms with Crippen LogP contribution >= 0.6 is 0 Å². The molecule has 1 aromatic rings. The van der Waals surface area contributed by atoms with Crippen molar-refractivity contribution in [3.05, 3.63) is 35.4 Å². The van der Waals surface area contributed by atoms with E-state index in [1.54, 1.807) is 0 Å². The Labute approximate surface area is 116 Å². The summed E-state index contributed by atoms with van der Waals surface area (Å²) in [6.45, 7) is 1.73. The summed E-state index contributed by atoms with van der Waals surface area (Å²) in [7, 11) is 4.15. The van der Waals surface area contributed by atoms with E-state index in [0.717, 1.165) is 19.5 Å². The maximum atomic E-state index is 10.6. The third-order valence-corrected chi connectivity index (χ3v) is 2.20. The molecule has 0 bridgehead atoms. The van der Waals surface area contributed by atoms with Crippen LogP contribution in [0.5, 0.6) is 0 Å². The first-order chi connectivity index (χ1) is 9.16. The Kier molecular flexibility index (Phi) is 7.86. The van der Waals surface area contributed by atoms with Gasteiger partial charge in [-0.15, -0.1) is 0 Å². The minimum atomic E-state index is -5.08. The lowest BCUT2D eigenvalue weighted by Crippen LogP contribution is -2.21. The number of hydrogen-bond acceptors (Lipinski definition) is 3. The van der Waals surface area contributed by atoms with Gasteiger partial charge in [-0.2, -0.15) is 13.2 Å². The third-order valence-electron chi connectivity index (χ3n) is 2.20. The monoisotopic (exact) mass is 292 g/mol. The molecular formula is C13H19F3N2O2. The molecule has 0 saturated heterocycles. The van der Waals surface area contributed by atoms with Crippen molar-refractivity contribution in [3.8, 4) is 0 Å². The van der Waals surface area contributed by atoms with Gasteiger partial charge in [0.25, 0.3) is 0 Å². The van der Waals surface area contributed by atoms with E-state index in [4.69, 9.17) is 15.6 Å². The summed E-state index contributed by atoms with van der Waals surface area (Å²) >= 11 is 0. The van der Waals surface area contributed by atoms with Crippen molar-refractivity contribution in [2.75, 3.05) is 20.6 Å². The van der Waals surface area contributed by atoms with E-state index in [2.05, 4.69) is 43.3 Å². The molecule has 0 spiro atoms. The number of nitrogens with zero attached hydrogens (tertiary/aromatic N) is 1. The van der Waals surface area contributed by atoms with Gasteiger partial charge >= 0.3 is 12.1 Å². The molecular weight excluding hydrogens is 273 g/mol. The fraction of sp³-hybridized carbons (Fsp3) is 0.462. The zero-order chi connectivity index (χ0) is 15.8. The van der Waals surface area contributed by atoms with Gasteiger partial charge in [-0.25, -0.2) is 4.79 Å². The minimum absolute atomic E-state index is 0.729. The Bertz CT molecular complexity index is 403. The predicted octanol–water partition coefficient (Wildman–Crippen LogP) is 1.88. The zero-order valence-corrected chi connectivity index (χ0v) is 11.4. The van der Waals surface area contributed by atoms with Crippen LogP contribution in [0.3, 0.4) is 0 Å². The van der Waals surface area contributed by atoms with Gasteiger partial charge in [0.15, 0.2) is 0 Å².